The van der Waals surface area contributed by atoms with Crippen LogP contribution < -0.4 is 4.74 Å². The minimum Gasteiger partial charge on any atom is -0.483 e. The van der Waals surface area contributed by atoms with Crippen LogP contribution in [0.2, 0.25) is 0 Å². The lowest BCUT2D eigenvalue weighted by Crippen LogP contribution is -2.03. The van der Waals surface area contributed by atoms with Gasteiger partial charge in [-0.15, -0.1) is 0 Å². The first kappa shape index (κ1) is 14.0. The molecule has 2 aromatic rings. The number of hydrogen-bond donors (Lipinski definition) is 1. The molecule has 1 aromatic carbocycles. The van der Waals surface area contributed by atoms with Gasteiger partial charge in [0.25, 0.3) is 0 Å². The van der Waals surface area contributed by atoms with Gasteiger partial charge in [-0.1, -0.05) is 0 Å². The Hall–Kier alpha value is -1.47. The first-order valence-electron chi connectivity index (χ1n) is 5.19. The lowest BCUT2D eigenvalue weighted by molar-refractivity contribution is 0.0696. The third-order valence-electron chi connectivity index (χ3n) is 2.21. The summed E-state index contributed by atoms with van der Waals surface area (Å²) in [5.41, 5.74) is 0.169. The van der Waals surface area contributed by atoms with Crippen LogP contribution in [0.25, 0.3) is 0 Å². The SMILES string of the molecule is O=C(O)c1cc(Br)c(OCc2ncccn2)c(Br)c1. The summed E-state index contributed by atoms with van der Waals surface area (Å²) in [4.78, 5) is 19.0. The van der Waals surface area contributed by atoms with Gasteiger partial charge in [-0.25, -0.2) is 14.8 Å². The van der Waals surface area contributed by atoms with E-state index < -0.39 is 5.97 Å². The van der Waals surface area contributed by atoms with Gasteiger partial charge in [-0.2, -0.15) is 0 Å². The Morgan fingerprint density at radius 1 is 1.21 bits per heavy atom. The molecule has 0 aliphatic heterocycles. The maximum atomic E-state index is 10.9. The normalized spacial score (nSPS) is 10.2. The fourth-order valence-corrected chi connectivity index (χ4v) is 2.78. The quantitative estimate of drug-likeness (QED) is 0.871. The number of nitrogens with zero attached hydrogens (tertiary/aromatic N) is 2. The molecule has 0 saturated carbocycles. The summed E-state index contributed by atoms with van der Waals surface area (Å²) in [5, 5.41) is 8.93. The molecule has 1 aromatic heterocycles. The van der Waals surface area contributed by atoms with E-state index in [0.717, 1.165) is 0 Å². The third kappa shape index (κ3) is 3.51. The van der Waals surface area contributed by atoms with Gasteiger partial charge < -0.3 is 9.84 Å². The molecule has 0 bridgehead atoms. The molecule has 2 rings (SSSR count). The highest BCUT2D eigenvalue weighted by atomic mass is 79.9. The molecular weight excluding hydrogens is 380 g/mol. The van der Waals surface area contributed by atoms with Crippen LogP contribution in [-0.2, 0) is 6.61 Å². The number of carboxylic acids is 1. The zero-order valence-electron chi connectivity index (χ0n) is 9.51. The summed E-state index contributed by atoms with van der Waals surface area (Å²) in [6.07, 6.45) is 3.26. The van der Waals surface area contributed by atoms with Crippen molar-refractivity contribution in [3.63, 3.8) is 0 Å². The molecule has 98 valence electrons. The van der Waals surface area contributed by atoms with Crippen molar-refractivity contribution in [2.45, 2.75) is 6.61 Å². The van der Waals surface area contributed by atoms with Gasteiger partial charge in [0.15, 0.2) is 5.82 Å². The Labute approximate surface area is 125 Å². The van der Waals surface area contributed by atoms with E-state index in [1.165, 1.54) is 12.1 Å². The fourth-order valence-electron chi connectivity index (χ4n) is 1.36. The van der Waals surface area contributed by atoms with Gasteiger partial charge in [0, 0.05) is 12.4 Å². The molecule has 19 heavy (non-hydrogen) atoms. The lowest BCUT2D eigenvalue weighted by atomic mass is 10.2. The lowest BCUT2D eigenvalue weighted by Gasteiger charge is -2.10. The Kier molecular flexibility index (Phi) is 4.49. The zero-order valence-corrected chi connectivity index (χ0v) is 12.7. The molecule has 1 heterocycles. The molecule has 0 aliphatic rings. The predicted molar refractivity (Wildman–Crippen MR) is 75.2 cm³/mol. The summed E-state index contributed by atoms with van der Waals surface area (Å²) < 4.78 is 6.68. The van der Waals surface area contributed by atoms with Crippen LogP contribution >= 0.6 is 31.9 Å². The van der Waals surface area contributed by atoms with Crippen LogP contribution in [0, 0.1) is 0 Å². The molecule has 1 N–H and O–H groups in total. The smallest absolute Gasteiger partial charge is 0.335 e. The Bertz CT molecular complexity index is 582. The van der Waals surface area contributed by atoms with Crippen molar-refractivity contribution in [1.82, 2.24) is 9.97 Å². The molecule has 0 unspecified atom stereocenters. The van der Waals surface area contributed by atoms with Crippen LogP contribution in [-0.4, -0.2) is 21.0 Å². The average molecular weight is 388 g/mol. The van der Waals surface area contributed by atoms with Gasteiger partial charge in [0.1, 0.15) is 12.4 Å². The highest BCUT2D eigenvalue weighted by molar-refractivity contribution is 9.11. The first-order chi connectivity index (χ1) is 9.08. The second-order valence-electron chi connectivity index (χ2n) is 3.53. The van der Waals surface area contributed by atoms with E-state index in [9.17, 15) is 4.79 Å². The van der Waals surface area contributed by atoms with E-state index in [-0.39, 0.29) is 12.2 Å². The molecule has 5 nitrogen and oxygen atoms in total. The zero-order chi connectivity index (χ0) is 13.8. The number of aromatic nitrogens is 2. The van der Waals surface area contributed by atoms with Crippen molar-refractivity contribution in [2.24, 2.45) is 0 Å². The summed E-state index contributed by atoms with van der Waals surface area (Å²) in [6, 6.07) is 4.68. The minimum absolute atomic E-state index is 0.169. The van der Waals surface area contributed by atoms with Crippen molar-refractivity contribution in [3.8, 4) is 5.75 Å². The molecule has 0 radical (unpaired) electrons. The molecule has 0 aliphatic carbocycles. The number of halogens is 2. The van der Waals surface area contributed by atoms with Crippen molar-refractivity contribution in [1.29, 1.82) is 0 Å². The number of benzene rings is 1. The number of rotatable bonds is 4. The van der Waals surface area contributed by atoms with Crippen molar-refractivity contribution in [3.05, 3.63) is 50.9 Å². The predicted octanol–water partition coefficient (Wildman–Crippen LogP) is 3.28. The van der Waals surface area contributed by atoms with Crippen molar-refractivity contribution >= 4 is 37.8 Å². The monoisotopic (exact) mass is 386 g/mol. The van der Waals surface area contributed by atoms with Crippen LogP contribution in [0.3, 0.4) is 0 Å². The number of carboxylic acid groups (broad SMARTS) is 1. The first-order valence-corrected chi connectivity index (χ1v) is 6.77. The Morgan fingerprint density at radius 3 is 2.32 bits per heavy atom. The molecule has 0 fully saturated rings. The second-order valence-corrected chi connectivity index (χ2v) is 5.24. The van der Waals surface area contributed by atoms with Crippen LogP contribution in [0.4, 0.5) is 0 Å². The maximum absolute atomic E-state index is 10.9. The van der Waals surface area contributed by atoms with Gasteiger partial charge in [0.05, 0.1) is 14.5 Å². The maximum Gasteiger partial charge on any atom is 0.335 e. The van der Waals surface area contributed by atoms with Gasteiger partial charge in [-0.05, 0) is 50.1 Å². The van der Waals surface area contributed by atoms with E-state index in [1.54, 1.807) is 18.5 Å². The average Bonchev–Trinajstić information content (AvgIpc) is 2.38. The largest absolute Gasteiger partial charge is 0.483 e. The summed E-state index contributed by atoms with van der Waals surface area (Å²) in [7, 11) is 0. The van der Waals surface area contributed by atoms with E-state index in [1.807, 2.05) is 0 Å². The molecule has 0 spiro atoms. The molecular formula is C12H8Br2N2O3. The molecule has 0 saturated heterocycles. The third-order valence-corrected chi connectivity index (χ3v) is 3.39. The van der Waals surface area contributed by atoms with Crippen LogP contribution in [0.15, 0.2) is 39.5 Å². The van der Waals surface area contributed by atoms with Gasteiger partial charge in [-0.3, -0.25) is 0 Å². The Morgan fingerprint density at radius 2 is 1.79 bits per heavy atom. The summed E-state index contributed by atoms with van der Waals surface area (Å²) >= 11 is 6.56. The molecule has 0 atom stereocenters. The van der Waals surface area contributed by atoms with E-state index >= 15 is 0 Å². The second kappa shape index (κ2) is 6.12. The fraction of sp³-hybridized carbons (Fsp3) is 0.0833. The van der Waals surface area contributed by atoms with E-state index in [0.29, 0.717) is 20.5 Å². The van der Waals surface area contributed by atoms with Gasteiger partial charge >= 0.3 is 5.97 Å². The van der Waals surface area contributed by atoms with E-state index in [2.05, 4.69) is 41.8 Å². The van der Waals surface area contributed by atoms with Gasteiger partial charge in [0.2, 0.25) is 0 Å². The Balaban J connectivity index is 2.19. The number of aromatic carboxylic acids is 1. The van der Waals surface area contributed by atoms with E-state index in [4.69, 9.17) is 9.84 Å². The summed E-state index contributed by atoms with van der Waals surface area (Å²) in [6.45, 7) is 0.199. The molecule has 7 heteroatoms. The number of ether oxygens (including phenoxy) is 1. The van der Waals surface area contributed by atoms with Crippen molar-refractivity contribution in [2.75, 3.05) is 0 Å². The minimum atomic E-state index is -1.00. The standard InChI is InChI=1S/C12H8Br2N2O3/c13-8-4-7(12(17)18)5-9(14)11(8)19-6-10-15-2-1-3-16-10/h1-5H,6H2,(H,17,18). The van der Waals surface area contributed by atoms with Crippen LogP contribution in [0.1, 0.15) is 16.2 Å². The highest BCUT2D eigenvalue weighted by Gasteiger charge is 2.13. The van der Waals surface area contributed by atoms with Crippen molar-refractivity contribution < 1.29 is 14.6 Å². The van der Waals surface area contributed by atoms with Crippen LogP contribution in [0.5, 0.6) is 5.75 Å². The summed E-state index contributed by atoms with van der Waals surface area (Å²) in [5.74, 6) is 0.0559. The molecule has 0 amide bonds. The highest BCUT2D eigenvalue weighted by Crippen LogP contribution is 2.35. The topological polar surface area (TPSA) is 72.3 Å². The number of hydrogen-bond acceptors (Lipinski definition) is 4. The number of carbonyl (C=O) groups is 1.